The second kappa shape index (κ2) is 8.78. The molecule has 0 aliphatic carbocycles. The smallest absolute Gasteiger partial charge is 0.265 e. The third-order valence-electron chi connectivity index (χ3n) is 3.68. The van der Waals surface area contributed by atoms with Crippen LogP contribution in [-0.4, -0.2) is 46.1 Å². The van der Waals surface area contributed by atoms with Gasteiger partial charge in [0.2, 0.25) is 0 Å². The Morgan fingerprint density at radius 1 is 1.26 bits per heavy atom. The topological polar surface area (TPSA) is 130 Å². The first kappa shape index (κ1) is 20.6. The van der Waals surface area contributed by atoms with E-state index in [4.69, 9.17) is 12.2 Å². The Bertz CT molecular complexity index is 834. The van der Waals surface area contributed by atoms with Gasteiger partial charge in [-0.15, -0.1) is 0 Å². The molecule has 1 saturated heterocycles. The van der Waals surface area contributed by atoms with Gasteiger partial charge in [-0.25, -0.2) is 0 Å². The highest BCUT2D eigenvalue weighted by atomic mass is 32.2. The summed E-state index contributed by atoms with van der Waals surface area (Å²) in [6, 6.07) is 4.65. The molecule has 1 aromatic carbocycles. The molecule has 1 aliphatic rings. The summed E-state index contributed by atoms with van der Waals surface area (Å²) in [6.07, 6.45) is 0.773. The van der Waals surface area contributed by atoms with Crippen LogP contribution in [0.5, 0.6) is 0 Å². The normalized spacial score (nSPS) is 16.5. The molecule has 1 atom stereocenters. The summed E-state index contributed by atoms with van der Waals surface area (Å²) in [6.45, 7) is 0. The monoisotopic (exact) mass is 406 g/mol. The summed E-state index contributed by atoms with van der Waals surface area (Å²) in [5.41, 5.74) is 0.837. The summed E-state index contributed by atoms with van der Waals surface area (Å²) in [4.78, 5) is 47.4. The Morgan fingerprint density at radius 2 is 1.89 bits per heavy atom. The molecule has 0 unspecified atom stereocenters. The number of carbonyl (C=O) groups is 4. The summed E-state index contributed by atoms with van der Waals surface area (Å²) in [7, 11) is 1.58. The van der Waals surface area contributed by atoms with E-state index in [1.54, 1.807) is 25.3 Å². The van der Waals surface area contributed by atoms with Crippen molar-refractivity contribution in [1.82, 2.24) is 10.2 Å². The van der Waals surface area contributed by atoms with E-state index in [2.05, 4.69) is 5.32 Å². The van der Waals surface area contributed by atoms with Crippen LogP contribution >= 0.6 is 24.0 Å². The minimum absolute atomic E-state index is 0.176. The maximum atomic E-state index is 12.1. The highest BCUT2D eigenvalue weighted by Crippen LogP contribution is 2.31. The predicted octanol–water partition coefficient (Wildman–Crippen LogP) is -1.10. The number of amides is 2. The third kappa shape index (κ3) is 5.38. The number of carboxylic acid groups (broad SMARTS) is 2. The number of carbonyl (C=O) groups excluding carboxylic acids is 4. The molecule has 1 aromatic rings. The maximum absolute atomic E-state index is 12.1. The Morgan fingerprint density at radius 3 is 2.37 bits per heavy atom. The number of nitrogens with one attached hydrogen (secondary N) is 1. The zero-order chi connectivity index (χ0) is 20.1. The number of aliphatic carboxylic acids is 2. The summed E-state index contributed by atoms with van der Waals surface area (Å²) >= 11 is 6.22. The first-order chi connectivity index (χ1) is 12.7. The standard InChI is InChI=1S/C17H16N2O6S2/c1-19-15(23)12(27-17(19)26)8-9-2-4-10(5-3-9)14(22)18-11(16(24)25)6-7-13(20)21/h2-5,8,11H,6-7H2,1H3,(H,18,22)(H,20,21)(H,24,25)/p-2/b12-8+/t11-/m1/s1. The van der Waals surface area contributed by atoms with Gasteiger partial charge in [0.05, 0.1) is 16.9 Å². The lowest BCUT2D eigenvalue weighted by molar-refractivity contribution is -0.309. The molecule has 1 heterocycles. The maximum Gasteiger partial charge on any atom is 0.265 e. The van der Waals surface area contributed by atoms with Crippen molar-refractivity contribution in [2.45, 2.75) is 18.9 Å². The molecular weight excluding hydrogens is 392 g/mol. The van der Waals surface area contributed by atoms with Crippen molar-refractivity contribution in [2.75, 3.05) is 7.05 Å². The van der Waals surface area contributed by atoms with Crippen LogP contribution in [0.4, 0.5) is 0 Å². The van der Waals surface area contributed by atoms with Crippen LogP contribution in [0.3, 0.4) is 0 Å². The Labute approximate surface area is 164 Å². The van der Waals surface area contributed by atoms with Gasteiger partial charge in [0.15, 0.2) is 0 Å². The lowest BCUT2D eigenvalue weighted by atomic mass is 10.1. The molecule has 10 heteroatoms. The second-order valence-electron chi connectivity index (χ2n) is 5.62. The van der Waals surface area contributed by atoms with E-state index >= 15 is 0 Å². The molecule has 0 spiro atoms. The van der Waals surface area contributed by atoms with E-state index in [0.717, 1.165) is 0 Å². The summed E-state index contributed by atoms with van der Waals surface area (Å²) in [5.74, 6) is -3.90. The summed E-state index contributed by atoms with van der Waals surface area (Å²) in [5, 5.41) is 23.7. The number of benzene rings is 1. The predicted molar refractivity (Wildman–Crippen MR) is 97.9 cm³/mol. The van der Waals surface area contributed by atoms with Crippen LogP contribution in [0.1, 0.15) is 28.8 Å². The van der Waals surface area contributed by atoms with Crippen molar-refractivity contribution in [2.24, 2.45) is 0 Å². The van der Waals surface area contributed by atoms with Crippen molar-refractivity contribution in [3.05, 3.63) is 40.3 Å². The highest BCUT2D eigenvalue weighted by molar-refractivity contribution is 8.26. The molecule has 2 amide bonds. The van der Waals surface area contributed by atoms with Crippen molar-refractivity contribution in [3.63, 3.8) is 0 Å². The first-order valence-electron chi connectivity index (χ1n) is 7.72. The Kier molecular flexibility index (Phi) is 6.70. The van der Waals surface area contributed by atoms with Gasteiger partial charge in [0.25, 0.3) is 11.8 Å². The van der Waals surface area contributed by atoms with Crippen LogP contribution in [0.15, 0.2) is 29.2 Å². The van der Waals surface area contributed by atoms with Crippen LogP contribution in [0.2, 0.25) is 0 Å². The van der Waals surface area contributed by atoms with E-state index in [-0.39, 0.29) is 17.9 Å². The van der Waals surface area contributed by atoms with Crippen molar-refractivity contribution in [3.8, 4) is 0 Å². The van der Waals surface area contributed by atoms with Gasteiger partial charge in [0, 0.05) is 18.6 Å². The average molecular weight is 406 g/mol. The second-order valence-corrected chi connectivity index (χ2v) is 7.29. The van der Waals surface area contributed by atoms with E-state index in [0.29, 0.717) is 14.8 Å². The van der Waals surface area contributed by atoms with Gasteiger partial charge in [-0.05, 0) is 36.6 Å². The lowest BCUT2D eigenvalue weighted by Gasteiger charge is -2.20. The Balaban J connectivity index is 2.06. The van der Waals surface area contributed by atoms with Gasteiger partial charge in [0.1, 0.15) is 4.32 Å². The third-order valence-corrected chi connectivity index (χ3v) is 5.17. The Hall–Kier alpha value is -2.72. The van der Waals surface area contributed by atoms with E-state index < -0.39 is 30.3 Å². The molecule has 8 nitrogen and oxygen atoms in total. The molecule has 1 fully saturated rings. The molecule has 2 rings (SSSR count). The molecule has 0 bridgehead atoms. The van der Waals surface area contributed by atoms with Gasteiger partial charge in [-0.3, -0.25) is 14.5 Å². The number of carboxylic acids is 2. The SMILES string of the molecule is CN1C(=O)/C(=C\c2ccc(C(=O)N[C@H](CCC(=O)[O-])C(=O)[O-])cc2)SC1=S. The number of hydrogen-bond donors (Lipinski definition) is 1. The number of nitrogens with zero attached hydrogens (tertiary/aromatic N) is 1. The fourth-order valence-electron chi connectivity index (χ4n) is 2.18. The van der Waals surface area contributed by atoms with Crippen LogP contribution in [0.25, 0.3) is 6.08 Å². The van der Waals surface area contributed by atoms with Gasteiger partial charge in [-0.2, -0.15) is 0 Å². The number of thioether (sulfide) groups is 1. The fourth-order valence-corrected chi connectivity index (χ4v) is 3.36. The van der Waals surface area contributed by atoms with Crippen molar-refractivity contribution < 1.29 is 29.4 Å². The van der Waals surface area contributed by atoms with E-state index in [9.17, 15) is 29.4 Å². The zero-order valence-electron chi connectivity index (χ0n) is 14.1. The lowest BCUT2D eigenvalue weighted by Crippen LogP contribution is -2.48. The average Bonchev–Trinajstić information content (AvgIpc) is 2.85. The highest BCUT2D eigenvalue weighted by Gasteiger charge is 2.28. The molecule has 142 valence electrons. The van der Waals surface area contributed by atoms with Crippen LogP contribution in [0, 0.1) is 0 Å². The molecule has 1 N–H and O–H groups in total. The van der Waals surface area contributed by atoms with Crippen LogP contribution in [-0.2, 0) is 14.4 Å². The number of hydrogen-bond acceptors (Lipinski definition) is 8. The number of rotatable bonds is 7. The van der Waals surface area contributed by atoms with Crippen molar-refractivity contribution >= 4 is 58.1 Å². The minimum Gasteiger partial charge on any atom is -0.550 e. The first-order valence-corrected chi connectivity index (χ1v) is 8.94. The van der Waals surface area contributed by atoms with Gasteiger partial charge >= 0.3 is 0 Å². The van der Waals surface area contributed by atoms with Gasteiger partial charge in [-0.1, -0.05) is 36.1 Å². The van der Waals surface area contributed by atoms with Gasteiger partial charge < -0.3 is 25.1 Å². The molecule has 1 aliphatic heterocycles. The van der Waals surface area contributed by atoms with Crippen LogP contribution < -0.4 is 15.5 Å². The quantitative estimate of drug-likeness (QED) is 0.446. The molecule has 0 radical (unpaired) electrons. The molecule has 0 aromatic heterocycles. The number of likely N-dealkylation sites (N-methyl/N-ethyl adjacent to an activating group) is 1. The molecule has 27 heavy (non-hydrogen) atoms. The largest absolute Gasteiger partial charge is 0.550 e. The fraction of sp³-hybridized carbons (Fsp3) is 0.235. The zero-order valence-corrected chi connectivity index (χ0v) is 15.7. The number of thiocarbonyl (C=S) groups is 1. The summed E-state index contributed by atoms with van der Waals surface area (Å²) < 4.78 is 0.451. The van der Waals surface area contributed by atoms with E-state index in [1.165, 1.54) is 28.8 Å². The minimum atomic E-state index is -1.58. The van der Waals surface area contributed by atoms with Crippen molar-refractivity contribution in [1.29, 1.82) is 0 Å². The molecule has 0 saturated carbocycles. The van der Waals surface area contributed by atoms with E-state index in [1.807, 2.05) is 0 Å². The molecular formula is C17H14N2O6S2-2.